The number of rotatable bonds is 7. The molecule has 0 aliphatic carbocycles. The number of imidazole rings is 1. The third kappa shape index (κ3) is 3.78. The van der Waals surface area contributed by atoms with Crippen molar-refractivity contribution in [2.75, 3.05) is 43.4 Å². The number of hydrogen-bond acceptors (Lipinski definition) is 5. The molecule has 3 N–H and O–H groups in total. The molecule has 0 radical (unpaired) electrons. The standard InChI is InChI=1S/C22H32N6/c1-3-5-7-19-25-20-17-15-16(8-9-18(17)24-22(23)21(20)26-19)28-13-11-27(12-14-28)10-6-4-2/h8-9,15H,3-7,10-14H2,1-2H3,(H2,23,24)(H,25,26). The number of H-pyrrole nitrogens is 1. The van der Waals surface area contributed by atoms with Crippen LogP contribution in [0.5, 0.6) is 0 Å². The molecule has 1 fully saturated rings. The van der Waals surface area contributed by atoms with Gasteiger partial charge in [0.25, 0.3) is 0 Å². The van der Waals surface area contributed by atoms with Crippen LogP contribution >= 0.6 is 0 Å². The van der Waals surface area contributed by atoms with E-state index in [-0.39, 0.29) is 0 Å². The van der Waals surface area contributed by atoms with Crippen LogP contribution in [-0.2, 0) is 6.42 Å². The molecule has 0 atom stereocenters. The van der Waals surface area contributed by atoms with E-state index >= 15 is 0 Å². The molecule has 4 rings (SSSR count). The molecule has 0 amide bonds. The average Bonchev–Trinajstić information content (AvgIpc) is 3.16. The van der Waals surface area contributed by atoms with Crippen molar-refractivity contribution < 1.29 is 0 Å². The Hall–Kier alpha value is -2.34. The Kier molecular flexibility index (Phi) is 5.67. The molecule has 1 aliphatic heterocycles. The second kappa shape index (κ2) is 8.35. The minimum absolute atomic E-state index is 0.537. The Morgan fingerprint density at radius 1 is 1.04 bits per heavy atom. The maximum absolute atomic E-state index is 6.20. The highest BCUT2D eigenvalue weighted by Crippen LogP contribution is 2.30. The molecule has 0 bridgehead atoms. The fraction of sp³-hybridized carbons (Fsp3) is 0.545. The number of aromatic amines is 1. The monoisotopic (exact) mass is 380 g/mol. The van der Waals surface area contributed by atoms with Crippen LogP contribution < -0.4 is 10.6 Å². The topological polar surface area (TPSA) is 74.1 Å². The van der Waals surface area contributed by atoms with Gasteiger partial charge in [0, 0.05) is 43.7 Å². The molecule has 1 aliphatic rings. The number of nitrogens with two attached hydrogens (primary N) is 1. The first kappa shape index (κ1) is 19.0. The fourth-order valence-corrected chi connectivity index (χ4v) is 4.07. The van der Waals surface area contributed by atoms with Gasteiger partial charge in [-0.25, -0.2) is 9.97 Å². The van der Waals surface area contributed by atoms with Crippen molar-refractivity contribution in [1.29, 1.82) is 0 Å². The lowest BCUT2D eigenvalue weighted by atomic mass is 10.1. The maximum atomic E-state index is 6.20. The Bertz CT molecular complexity index is 939. The number of anilines is 2. The van der Waals surface area contributed by atoms with Gasteiger partial charge in [-0.2, -0.15) is 0 Å². The minimum atomic E-state index is 0.537. The Morgan fingerprint density at radius 3 is 2.57 bits per heavy atom. The van der Waals surface area contributed by atoms with Gasteiger partial charge in [-0.05, 0) is 37.6 Å². The van der Waals surface area contributed by atoms with E-state index < -0.39 is 0 Å². The molecule has 3 aromatic rings. The van der Waals surface area contributed by atoms with Gasteiger partial charge in [-0.15, -0.1) is 0 Å². The summed E-state index contributed by atoms with van der Waals surface area (Å²) in [4.78, 5) is 17.9. The van der Waals surface area contributed by atoms with E-state index in [1.54, 1.807) is 0 Å². The van der Waals surface area contributed by atoms with Crippen LogP contribution in [0.2, 0.25) is 0 Å². The van der Waals surface area contributed by atoms with Crippen LogP contribution in [-0.4, -0.2) is 52.6 Å². The van der Waals surface area contributed by atoms with Crippen LogP contribution in [0.25, 0.3) is 21.9 Å². The average molecular weight is 381 g/mol. The molecular weight excluding hydrogens is 348 g/mol. The van der Waals surface area contributed by atoms with Crippen LogP contribution in [0.4, 0.5) is 11.5 Å². The molecule has 6 nitrogen and oxygen atoms in total. The number of fused-ring (bicyclic) bond motifs is 3. The third-order valence-electron chi connectivity index (χ3n) is 5.82. The first-order valence-electron chi connectivity index (χ1n) is 10.7. The normalized spacial score (nSPS) is 15.7. The minimum Gasteiger partial charge on any atom is -0.382 e. The summed E-state index contributed by atoms with van der Waals surface area (Å²) in [6.45, 7) is 10.1. The molecule has 1 saturated heterocycles. The Balaban J connectivity index is 1.62. The van der Waals surface area contributed by atoms with Crippen molar-refractivity contribution in [2.45, 2.75) is 46.0 Å². The van der Waals surface area contributed by atoms with E-state index in [9.17, 15) is 0 Å². The first-order chi connectivity index (χ1) is 13.7. The fourth-order valence-electron chi connectivity index (χ4n) is 4.07. The molecule has 0 spiro atoms. The molecule has 2 aromatic heterocycles. The summed E-state index contributed by atoms with van der Waals surface area (Å²) in [5, 5.41) is 1.09. The summed E-state index contributed by atoms with van der Waals surface area (Å²) in [7, 11) is 0. The van der Waals surface area contributed by atoms with Crippen molar-refractivity contribution >= 4 is 33.4 Å². The SMILES string of the molecule is CCCCc1nc2c([nH]1)c(N)nc1ccc(N3CCN(CCCC)CC3)cc12. The largest absolute Gasteiger partial charge is 0.382 e. The zero-order chi connectivity index (χ0) is 19.5. The second-order valence-corrected chi connectivity index (χ2v) is 7.89. The van der Waals surface area contributed by atoms with Crippen molar-refractivity contribution in [2.24, 2.45) is 0 Å². The van der Waals surface area contributed by atoms with Crippen LogP contribution in [0, 0.1) is 0 Å². The van der Waals surface area contributed by atoms with Gasteiger partial charge in [-0.1, -0.05) is 26.7 Å². The molecule has 6 heteroatoms. The van der Waals surface area contributed by atoms with Gasteiger partial charge in [0.1, 0.15) is 22.7 Å². The Labute approximate surface area is 167 Å². The summed E-state index contributed by atoms with van der Waals surface area (Å²) < 4.78 is 0. The first-order valence-corrected chi connectivity index (χ1v) is 10.7. The number of piperazine rings is 1. The number of aryl methyl sites for hydroxylation is 1. The summed E-state index contributed by atoms with van der Waals surface area (Å²) in [5.74, 6) is 1.54. The number of hydrogen-bond donors (Lipinski definition) is 2. The van der Waals surface area contributed by atoms with E-state index in [0.29, 0.717) is 5.82 Å². The summed E-state index contributed by atoms with van der Waals surface area (Å²) in [5.41, 5.74) is 10.2. The lowest BCUT2D eigenvalue weighted by Crippen LogP contribution is -2.46. The molecule has 0 saturated carbocycles. The smallest absolute Gasteiger partial charge is 0.150 e. The van der Waals surface area contributed by atoms with Crippen molar-refractivity contribution in [1.82, 2.24) is 19.9 Å². The third-order valence-corrected chi connectivity index (χ3v) is 5.82. The van der Waals surface area contributed by atoms with Gasteiger partial charge in [-0.3, -0.25) is 4.90 Å². The molecule has 150 valence electrons. The number of pyridine rings is 1. The van der Waals surface area contributed by atoms with Crippen molar-refractivity contribution in [3.63, 3.8) is 0 Å². The number of nitrogens with zero attached hydrogens (tertiary/aromatic N) is 4. The molecule has 1 aromatic carbocycles. The van der Waals surface area contributed by atoms with E-state index in [4.69, 9.17) is 10.7 Å². The predicted octanol–water partition coefficient (Wildman–Crippen LogP) is 3.96. The van der Waals surface area contributed by atoms with Gasteiger partial charge in [0.05, 0.1) is 5.52 Å². The van der Waals surface area contributed by atoms with E-state index in [0.717, 1.165) is 73.2 Å². The molecule has 3 heterocycles. The van der Waals surface area contributed by atoms with E-state index in [1.165, 1.54) is 25.1 Å². The van der Waals surface area contributed by atoms with Crippen LogP contribution in [0.1, 0.15) is 45.4 Å². The molecule has 0 unspecified atom stereocenters. The second-order valence-electron chi connectivity index (χ2n) is 7.89. The van der Waals surface area contributed by atoms with Gasteiger partial charge in [0.2, 0.25) is 0 Å². The molecule has 28 heavy (non-hydrogen) atoms. The maximum Gasteiger partial charge on any atom is 0.150 e. The zero-order valence-electron chi connectivity index (χ0n) is 17.2. The predicted molar refractivity (Wildman–Crippen MR) is 118 cm³/mol. The number of aromatic nitrogens is 3. The van der Waals surface area contributed by atoms with Gasteiger partial charge in [0.15, 0.2) is 0 Å². The highest BCUT2D eigenvalue weighted by molar-refractivity contribution is 6.07. The number of benzene rings is 1. The summed E-state index contributed by atoms with van der Waals surface area (Å²) in [6, 6.07) is 6.51. The summed E-state index contributed by atoms with van der Waals surface area (Å²) >= 11 is 0. The van der Waals surface area contributed by atoms with Crippen molar-refractivity contribution in [3.8, 4) is 0 Å². The zero-order valence-corrected chi connectivity index (χ0v) is 17.2. The lowest BCUT2D eigenvalue weighted by molar-refractivity contribution is 0.254. The van der Waals surface area contributed by atoms with Crippen LogP contribution in [0.3, 0.4) is 0 Å². The number of unbranched alkanes of at least 4 members (excludes halogenated alkanes) is 2. The highest BCUT2D eigenvalue weighted by Gasteiger charge is 2.18. The summed E-state index contributed by atoms with van der Waals surface area (Å²) in [6.07, 6.45) is 5.78. The van der Waals surface area contributed by atoms with Crippen molar-refractivity contribution in [3.05, 3.63) is 24.0 Å². The molecular formula is C22H32N6. The van der Waals surface area contributed by atoms with E-state index in [2.05, 4.69) is 51.8 Å². The van der Waals surface area contributed by atoms with E-state index in [1.807, 2.05) is 0 Å². The number of nitrogen functional groups attached to an aromatic ring is 1. The van der Waals surface area contributed by atoms with Gasteiger partial charge >= 0.3 is 0 Å². The van der Waals surface area contributed by atoms with Crippen LogP contribution in [0.15, 0.2) is 18.2 Å². The Morgan fingerprint density at radius 2 is 1.82 bits per heavy atom. The highest BCUT2D eigenvalue weighted by atomic mass is 15.3. The van der Waals surface area contributed by atoms with Gasteiger partial charge < -0.3 is 15.6 Å². The lowest BCUT2D eigenvalue weighted by Gasteiger charge is -2.36. The quantitative estimate of drug-likeness (QED) is 0.649. The number of nitrogens with one attached hydrogen (secondary N) is 1.